The van der Waals surface area contributed by atoms with Crippen LogP contribution in [-0.4, -0.2) is 37.1 Å². The van der Waals surface area contributed by atoms with Crippen molar-refractivity contribution in [3.05, 3.63) is 70.8 Å². The Bertz CT molecular complexity index is 726. The average molecular weight is 346 g/mol. The molecule has 1 aliphatic heterocycles. The highest BCUT2D eigenvalue weighted by molar-refractivity contribution is 5.94. The molecule has 25 heavy (non-hydrogen) atoms. The molecule has 2 aromatic rings. The van der Waals surface area contributed by atoms with E-state index in [-0.39, 0.29) is 5.56 Å². The number of carbonyl (C=O) groups excluding carboxylic acids is 1. The van der Waals surface area contributed by atoms with Crippen molar-refractivity contribution < 1.29 is 18.3 Å². The van der Waals surface area contributed by atoms with Crippen LogP contribution in [-0.2, 0) is 17.8 Å². The van der Waals surface area contributed by atoms with Gasteiger partial charge in [0.15, 0.2) is 0 Å². The van der Waals surface area contributed by atoms with E-state index in [0.29, 0.717) is 6.54 Å². The summed E-state index contributed by atoms with van der Waals surface area (Å²) < 4.78 is 31.8. The second kappa shape index (κ2) is 8.18. The summed E-state index contributed by atoms with van der Waals surface area (Å²) in [6, 6.07) is 10.6. The van der Waals surface area contributed by atoms with Crippen LogP contribution in [0.3, 0.4) is 0 Å². The van der Waals surface area contributed by atoms with Gasteiger partial charge in [0.05, 0.1) is 13.2 Å². The van der Waals surface area contributed by atoms with Gasteiger partial charge in [-0.15, -0.1) is 0 Å². The maximum atomic E-state index is 13.2. The fourth-order valence-corrected chi connectivity index (χ4v) is 2.85. The number of nitrogens with one attached hydrogen (secondary N) is 1. The number of morpholine rings is 1. The largest absolute Gasteiger partial charge is 0.379 e. The number of hydrogen-bond donors (Lipinski definition) is 1. The topological polar surface area (TPSA) is 41.6 Å². The van der Waals surface area contributed by atoms with Crippen LogP contribution >= 0.6 is 0 Å². The van der Waals surface area contributed by atoms with Crippen molar-refractivity contribution in [2.75, 3.05) is 26.3 Å². The fraction of sp³-hybridized carbons (Fsp3) is 0.316. The molecule has 2 aromatic carbocycles. The highest BCUT2D eigenvalue weighted by Crippen LogP contribution is 2.14. The lowest BCUT2D eigenvalue weighted by atomic mass is 10.1. The van der Waals surface area contributed by atoms with Gasteiger partial charge in [-0.2, -0.15) is 0 Å². The average Bonchev–Trinajstić information content (AvgIpc) is 2.61. The van der Waals surface area contributed by atoms with Crippen LogP contribution in [0.1, 0.15) is 21.5 Å². The van der Waals surface area contributed by atoms with Gasteiger partial charge in [-0.25, -0.2) is 8.78 Å². The molecule has 0 atom stereocenters. The van der Waals surface area contributed by atoms with E-state index in [2.05, 4.69) is 10.2 Å². The van der Waals surface area contributed by atoms with Gasteiger partial charge in [0.2, 0.25) is 0 Å². The van der Waals surface area contributed by atoms with Gasteiger partial charge in [0.1, 0.15) is 11.6 Å². The molecule has 1 N–H and O–H groups in total. The monoisotopic (exact) mass is 346 g/mol. The van der Waals surface area contributed by atoms with Gasteiger partial charge >= 0.3 is 0 Å². The molecule has 0 unspecified atom stereocenters. The third-order valence-electron chi connectivity index (χ3n) is 4.18. The van der Waals surface area contributed by atoms with Crippen molar-refractivity contribution in [1.29, 1.82) is 0 Å². The first-order valence-corrected chi connectivity index (χ1v) is 8.23. The highest BCUT2D eigenvalue weighted by Gasteiger charge is 2.14. The summed E-state index contributed by atoms with van der Waals surface area (Å²) in [4.78, 5) is 14.5. The third kappa shape index (κ3) is 4.84. The molecule has 1 saturated heterocycles. The minimum atomic E-state index is -0.766. The van der Waals surface area contributed by atoms with Crippen molar-refractivity contribution in [1.82, 2.24) is 10.2 Å². The molecule has 0 radical (unpaired) electrons. The number of halogens is 2. The Morgan fingerprint density at radius 2 is 1.68 bits per heavy atom. The first-order valence-electron chi connectivity index (χ1n) is 8.23. The molecule has 0 bridgehead atoms. The lowest BCUT2D eigenvalue weighted by Crippen LogP contribution is -2.36. The van der Waals surface area contributed by atoms with E-state index in [1.807, 2.05) is 24.3 Å². The van der Waals surface area contributed by atoms with Crippen molar-refractivity contribution in [3.8, 4) is 0 Å². The van der Waals surface area contributed by atoms with Crippen LogP contribution in [0, 0.1) is 11.6 Å². The van der Waals surface area contributed by atoms with E-state index in [0.717, 1.165) is 62.2 Å². The molecular formula is C19H20F2N2O2. The third-order valence-corrected chi connectivity index (χ3v) is 4.18. The van der Waals surface area contributed by atoms with Crippen LogP contribution in [0.5, 0.6) is 0 Å². The van der Waals surface area contributed by atoms with Gasteiger partial charge < -0.3 is 10.1 Å². The summed E-state index contributed by atoms with van der Waals surface area (Å²) in [5, 5.41) is 2.73. The van der Waals surface area contributed by atoms with E-state index in [1.54, 1.807) is 0 Å². The molecular weight excluding hydrogens is 326 g/mol. The summed E-state index contributed by atoms with van der Waals surface area (Å²) in [6.45, 7) is 4.29. The molecule has 1 amide bonds. The number of benzene rings is 2. The molecule has 132 valence electrons. The Hall–Kier alpha value is -2.31. The second-order valence-corrected chi connectivity index (χ2v) is 6.00. The first kappa shape index (κ1) is 17.5. The number of hydrogen-bond acceptors (Lipinski definition) is 3. The first-order chi connectivity index (χ1) is 12.1. The van der Waals surface area contributed by atoms with E-state index >= 15 is 0 Å². The molecule has 3 rings (SSSR count). The quantitative estimate of drug-likeness (QED) is 0.905. The summed E-state index contributed by atoms with van der Waals surface area (Å²) in [7, 11) is 0. The van der Waals surface area contributed by atoms with E-state index < -0.39 is 17.5 Å². The zero-order valence-corrected chi connectivity index (χ0v) is 13.8. The van der Waals surface area contributed by atoms with Gasteiger partial charge in [0.25, 0.3) is 5.91 Å². The molecule has 0 aromatic heterocycles. The van der Waals surface area contributed by atoms with Crippen molar-refractivity contribution in [2.45, 2.75) is 13.1 Å². The minimum Gasteiger partial charge on any atom is -0.379 e. The smallest absolute Gasteiger partial charge is 0.251 e. The lowest BCUT2D eigenvalue weighted by Gasteiger charge is -2.27. The Morgan fingerprint density at radius 1 is 1.04 bits per heavy atom. The predicted molar refractivity (Wildman–Crippen MR) is 90.1 cm³/mol. The maximum Gasteiger partial charge on any atom is 0.251 e. The molecule has 4 nitrogen and oxygen atoms in total. The number of rotatable bonds is 5. The number of nitrogens with zero attached hydrogens (tertiary/aromatic N) is 1. The summed E-state index contributed by atoms with van der Waals surface area (Å²) >= 11 is 0. The Labute approximate surface area is 145 Å². The van der Waals surface area contributed by atoms with Gasteiger partial charge in [-0.1, -0.05) is 24.3 Å². The number of carbonyl (C=O) groups is 1. The van der Waals surface area contributed by atoms with Crippen molar-refractivity contribution in [3.63, 3.8) is 0 Å². The van der Waals surface area contributed by atoms with Crippen molar-refractivity contribution >= 4 is 5.91 Å². The molecule has 1 fully saturated rings. The SMILES string of the molecule is O=C(NCc1ccccc1CN1CCOCC1)c1cc(F)cc(F)c1. The summed E-state index contributed by atoms with van der Waals surface area (Å²) in [6.07, 6.45) is 0. The maximum absolute atomic E-state index is 13.2. The number of amides is 1. The molecule has 1 heterocycles. The van der Waals surface area contributed by atoms with E-state index in [1.165, 1.54) is 0 Å². The molecule has 6 heteroatoms. The van der Waals surface area contributed by atoms with Crippen LogP contribution < -0.4 is 5.32 Å². The minimum absolute atomic E-state index is 0.0249. The molecule has 0 saturated carbocycles. The Balaban J connectivity index is 1.65. The standard InChI is InChI=1S/C19H20F2N2O2/c20-17-9-16(10-18(21)11-17)19(24)22-12-14-3-1-2-4-15(14)13-23-5-7-25-8-6-23/h1-4,9-11H,5-8,12-13H2,(H,22,24). The summed E-state index contributed by atoms with van der Waals surface area (Å²) in [5.74, 6) is -2.03. The van der Waals surface area contributed by atoms with Gasteiger partial charge in [0, 0.05) is 37.8 Å². The molecule has 0 spiro atoms. The molecule has 1 aliphatic rings. The van der Waals surface area contributed by atoms with Gasteiger partial charge in [-0.3, -0.25) is 9.69 Å². The fourth-order valence-electron chi connectivity index (χ4n) is 2.85. The number of ether oxygens (including phenoxy) is 1. The van der Waals surface area contributed by atoms with Gasteiger partial charge in [-0.05, 0) is 23.3 Å². The highest BCUT2D eigenvalue weighted by atomic mass is 19.1. The van der Waals surface area contributed by atoms with Crippen LogP contribution in [0.25, 0.3) is 0 Å². The summed E-state index contributed by atoms with van der Waals surface area (Å²) in [5.41, 5.74) is 2.08. The van der Waals surface area contributed by atoms with Crippen molar-refractivity contribution in [2.24, 2.45) is 0 Å². The Morgan fingerprint density at radius 3 is 2.36 bits per heavy atom. The van der Waals surface area contributed by atoms with Crippen LogP contribution in [0.4, 0.5) is 8.78 Å². The van der Waals surface area contributed by atoms with E-state index in [4.69, 9.17) is 4.74 Å². The predicted octanol–water partition coefficient (Wildman–Crippen LogP) is 2.73. The van der Waals surface area contributed by atoms with Crippen LogP contribution in [0.15, 0.2) is 42.5 Å². The molecule has 0 aliphatic carbocycles. The van der Waals surface area contributed by atoms with E-state index in [9.17, 15) is 13.6 Å². The normalized spacial score (nSPS) is 15.1. The zero-order chi connectivity index (χ0) is 17.6. The Kier molecular flexibility index (Phi) is 5.73. The second-order valence-electron chi connectivity index (χ2n) is 6.00. The lowest BCUT2D eigenvalue weighted by molar-refractivity contribution is 0.0340. The zero-order valence-electron chi connectivity index (χ0n) is 13.8. The van der Waals surface area contributed by atoms with Crippen LogP contribution in [0.2, 0.25) is 0 Å².